The summed E-state index contributed by atoms with van der Waals surface area (Å²) in [5.41, 5.74) is 4.89. The van der Waals surface area contributed by atoms with Crippen LogP contribution in [0.4, 0.5) is 5.13 Å². The molecule has 19 heavy (non-hydrogen) atoms. The van der Waals surface area contributed by atoms with Crippen LogP contribution in [0.25, 0.3) is 0 Å². The van der Waals surface area contributed by atoms with Crippen LogP contribution in [0.3, 0.4) is 0 Å². The number of ether oxygens (including phenoxy) is 1. The first-order valence-electron chi connectivity index (χ1n) is 5.85. The van der Waals surface area contributed by atoms with Gasteiger partial charge in [-0.1, -0.05) is 18.3 Å². The highest BCUT2D eigenvalue weighted by atomic mass is 32.1. The Labute approximate surface area is 114 Å². The standard InChI is InChI=1S/C10H17N5O3S/c1-2-3-13-10-15-14-9(19-10)8(17)12-4-5-18-6-7(11)16/h2-6H2,1H3,(H2,11,16)(H,12,17)(H,13,15). The van der Waals surface area contributed by atoms with Crippen LogP contribution in [0.1, 0.15) is 23.1 Å². The number of amides is 2. The molecule has 0 saturated heterocycles. The predicted molar refractivity (Wildman–Crippen MR) is 71.0 cm³/mol. The van der Waals surface area contributed by atoms with E-state index in [1.165, 1.54) is 11.3 Å². The van der Waals surface area contributed by atoms with Crippen molar-refractivity contribution in [2.75, 3.05) is 31.6 Å². The van der Waals surface area contributed by atoms with E-state index in [1.54, 1.807) is 0 Å². The van der Waals surface area contributed by atoms with Gasteiger partial charge in [0, 0.05) is 13.1 Å². The number of anilines is 1. The molecule has 106 valence electrons. The number of carbonyl (C=O) groups excluding carboxylic acids is 2. The third-order valence-corrected chi connectivity index (χ3v) is 2.80. The van der Waals surface area contributed by atoms with Crippen molar-refractivity contribution in [3.8, 4) is 0 Å². The van der Waals surface area contributed by atoms with E-state index in [-0.39, 0.29) is 30.7 Å². The van der Waals surface area contributed by atoms with Crippen LogP contribution in [0, 0.1) is 0 Å². The van der Waals surface area contributed by atoms with Gasteiger partial charge in [-0.25, -0.2) is 0 Å². The molecule has 0 spiro atoms. The molecule has 1 aromatic heterocycles. The van der Waals surface area contributed by atoms with Crippen molar-refractivity contribution in [1.29, 1.82) is 0 Å². The number of primary amides is 1. The normalized spacial score (nSPS) is 10.2. The van der Waals surface area contributed by atoms with Crippen molar-refractivity contribution in [1.82, 2.24) is 15.5 Å². The fourth-order valence-electron chi connectivity index (χ4n) is 1.10. The third-order valence-electron chi connectivity index (χ3n) is 1.92. The third kappa shape index (κ3) is 6.11. The van der Waals surface area contributed by atoms with Gasteiger partial charge in [-0.15, -0.1) is 10.2 Å². The van der Waals surface area contributed by atoms with Gasteiger partial charge in [0.25, 0.3) is 5.91 Å². The summed E-state index contributed by atoms with van der Waals surface area (Å²) in [6.07, 6.45) is 0.971. The average molecular weight is 287 g/mol. The summed E-state index contributed by atoms with van der Waals surface area (Å²) < 4.78 is 4.91. The van der Waals surface area contributed by atoms with Gasteiger partial charge < -0.3 is 21.1 Å². The highest BCUT2D eigenvalue weighted by molar-refractivity contribution is 7.17. The zero-order valence-electron chi connectivity index (χ0n) is 10.6. The number of aromatic nitrogens is 2. The fourth-order valence-corrected chi connectivity index (χ4v) is 1.79. The Hall–Kier alpha value is -1.74. The molecule has 1 rings (SSSR count). The second-order valence-corrected chi connectivity index (χ2v) is 4.59. The Bertz CT molecular complexity index is 423. The van der Waals surface area contributed by atoms with E-state index >= 15 is 0 Å². The van der Waals surface area contributed by atoms with E-state index in [4.69, 9.17) is 10.5 Å². The molecule has 0 aromatic carbocycles. The number of nitrogens with zero attached hydrogens (tertiary/aromatic N) is 2. The van der Waals surface area contributed by atoms with Gasteiger partial charge in [-0.2, -0.15) is 0 Å². The number of hydrogen-bond donors (Lipinski definition) is 3. The Balaban J connectivity index is 2.25. The fraction of sp³-hybridized carbons (Fsp3) is 0.600. The van der Waals surface area contributed by atoms with Gasteiger partial charge in [-0.3, -0.25) is 9.59 Å². The summed E-state index contributed by atoms with van der Waals surface area (Å²) in [5, 5.41) is 14.2. The van der Waals surface area contributed by atoms with E-state index in [1.807, 2.05) is 6.92 Å². The van der Waals surface area contributed by atoms with Crippen LogP contribution < -0.4 is 16.4 Å². The molecule has 0 atom stereocenters. The molecule has 0 aliphatic rings. The molecule has 0 radical (unpaired) electrons. The van der Waals surface area contributed by atoms with Gasteiger partial charge in [-0.05, 0) is 6.42 Å². The number of rotatable bonds is 9. The highest BCUT2D eigenvalue weighted by Gasteiger charge is 2.11. The second kappa shape index (κ2) is 8.38. The maximum absolute atomic E-state index is 11.7. The maximum atomic E-state index is 11.7. The van der Waals surface area contributed by atoms with Crippen molar-refractivity contribution in [3.63, 3.8) is 0 Å². The molecule has 8 nitrogen and oxygen atoms in total. The molecule has 0 unspecified atom stereocenters. The zero-order chi connectivity index (χ0) is 14.1. The molecular weight excluding hydrogens is 270 g/mol. The second-order valence-electron chi connectivity index (χ2n) is 3.61. The topological polar surface area (TPSA) is 119 Å². The predicted octanol–water partition coefficient (Wildman–Crippen LogP) is -0.408. The number of carbonyl (C=O) groups is 2. The first kappa shape index (κ1) is 15.3. The van der Waals surface area contributed by atoms with Crippen LogP contribution in [-0.2, 0) is 9.53 Å². The van der Waals surface area contributed by atoms with Crippen LogP contribution >= 0.6 is 11.3 Å². The molecule has 0 aliphatic heterocycles. The van der Waals surface area contributed by atoms with E-state index in [9.17, 15) is 9.59 Å². The summed E-state index contributed by atoms with van der Waals surface area (Å²) in [6.45, 7) is 3.17. The SMILES string of the molecule is CCCNc1nnc(C(=O)NCCOCC(N)=O)s1. The Morgan fingerprint density at radius 1 is 1.37 bits per heavy atom. The first-order valence-corrected chi connectivity index (χ1v) is 6.66. The van der Waals surface area contributed by atoms with Crippen molar-refractivity contribution in [2.24, 2.45) is 5.73 Å². The van der Waals surface area contributed by atoms with Crippen LogP contribution in [0.15, 0.2) is 0 Å². The Morgan fingerprint density at radius 3 is 2.84 bits per heavy atom. The van der Waals surface area contributed by atoms with Gasteiger partial charge in [0.1, 0.15) is 6.61 Å². The zero-order valence-corrected chi connectivity index (χ0v) is 11.5. The lowest BCUT2D eigenvalue weighted by Gasteiger charge is -2.02. The summed E-state index contributed by atoms with van der Waals surface area (Å²) >= 11 is 1.19. The van der Waals surface area contributed by atoms with Crippen LogP contribution in [0.5, 0.6) is 0 Å². The molecule has 0 bridgehead atoms. The Morgan fingerprint density at radius 2 is 2.16 bits per heavy atom. The maximum Gasteiger partial charge on any atom is 0.282 e. The summed E-state index contributed by atoms with van der Waals surface area (Å²) in [7, 11) is 0. The molecule has 0 fully saturated rings. The largest absolute Gasteiger partial charge is 0.370 e. The van der Waals surface area contributed by atoms with Crippen molar-refractivity contribution in [2.45, 2.75) is 13.3 Å². The van der Waals surface area contributed by atoms with Gasteiger partial charge in [0.2, 0.25) is 16.0 Å². The summed E-state index contributed by atoms with van der Waals surface area (Å²) in [5.74, 6) is -0.855. The summed E-state index contributed by atoms with van der Waals surface area (Å²) in [4.78, 5) is 22.0. The van der Waals surface area contributed by atoms with E-state index in [2.05, 4.69) is 20.8 Å². The highest BCUT2D eigenvalue weighted by Crippen LogP contribution is 2.14. The average Bonchev–Trinajstić information content (AvgIpc) is 2.84. The van der Waals surface area contributed by atoms with Crippen molar-refractivity contribution < 1.29 is 14.3 Å². The van der Waals surface area contributed by atoms with Gasteiger partial charge in [0.15, 0.2) is 0 Å². The molecule has 0 saturated carbocycles. The van der Waals surface area contributed by atoms with Crippen molar-refractivity contribution in [3.05, 3.63) is 5.01 Å². The monoisotopic (exact) mass is 287 g/mol. The molecule has 9 heteroatoms. The minimum atomic E-state index is -0.540. The Kier molecular flexibility index (Phi) is 6.75. The van der Waals surface area contributed by atoms with E-state index < -0.39 is 5.91 Å². The van der Waals surface area contributed by atoms with Gasteiger partial charge in [0.05, 0.1) is 6.61 Å². The molecular formula is C10H17N5O3S. The quantitative estimate of drug-likeness (QED) is 0.531. The molecule has 0 aliphatic carbocycles. The summed E-state index contributed by atoms with van der Waals surface area (Å²) in [6, 6.07) is 0. The lowest BCUT2D eigenvalue weighted by Crippen LogP contribution is -2.28. The number of nitrogens with two attached hydrogens (primary N) is 1. The lowest BCUT2D eigenvalue weighted by molar-refractivity contribution is -0.122. The lowest BCUT2D eigenvalue weighted by atomic mass is 10.5. The number of nitrogens with one attached hydrogen (secondary N) is 2. The molecule has 1 aromatic rings. The molecule has 1 heterocycles. The van der Waals surface area contributed by atoms with Gasteiger partial charge >= 0.3 is 0 Å². The minimum absolute atomic E-state index is 0.153. The van der Waals surface area contributed by atoms with Crippen LogP contribution in [-0.4, -0.2) is 48.3 Å². The van der Waals surface area contributed by atoms with E-state index in [0.29, 0.717) is 5.13 Å². The molecule has 2 amide bonds. The first-order chi connectivity index (χ1) is 9.13. The smallest absolute Gasteiger partial charge is 0.282 e. The number of hydrogen-bond acceptors (Lipinski definition) is 7. The van der Waals surface area contributed by atoms with E-state index in [0.717, 1.165) is 13.0 Å². The molecule has 4 N–H and O–H groups in total. The van der Waals surface area contributed by atoms with Crippen LogP contribution in [0.2, 0.25) is 0 Å². The minimum Gasteiger partial charge on any atom is -0.370 e. The van der Waals surface area contributed by atoms with Crippen molar-refractivity contribution >= 4 is 28.3 Å².